The van der Waals surface area contributed by atoms with Gasteiger partial charge in [0.2, 0.25) is 0 Å². The molecule has 0 amide bonds. The Bertz CT molecular complexity index is 578. The number of aromatic nitrogens is 1. The van der Waals surface area contributed by atoms with Crippen LogP contribution in [0.3, 0.4) is 0 Å². The van der Waals surface area contributed by atoms with E-state index < -0.39 is 0 Å². The monoisotopic (exact) mass is 354 g/mol. The van der Waals surface area contributed by atoms with Gasteiger partial charge in [0, 0.05) is 23.3 Å². The summed E-state index contributed by atoms with van der Waals surface area (Å²) in [6, 6.07) is 9.28. The van der Waals surface area contributed by atoms with Gasteiger partial charge in [0.15, 0.2) is 0 Å². The predicted octanol–water partition coefficient (Wildman–Crippen LogP) is 4.79. The van der Waals surface area contributed by atoms with Crippen molar-refractivity contribution in [1.29, 1.82) is 0 Å². The van der Waals surface area contributed by atoms with Crippen molar-refractivity contribution in [2.45, 2.75) is 19.9 Å². The number of rotatable bonds is 6. The molecule has 1 aromatic carbocycles. The summed E-state index contributed by atoms with van der Waals surface area (Å²) < 4.78 is 6.72. The fourth-order valence-electron chi connectivity index (χ4n) is 1.69. The van der Waals surface area contributed by atoms with Crippen LogP contribution >= 0.6 is 27.5 Å². The molecular weight excluding hydrogens is 340 g/mol. The molecule has 2 aromatic rings. The third-order valence-corrected chi connectivity index (χ3v) is 3.43. The van der Waals surface area contributed by atoms with E-state index >= 15 is 0 Å². The fraction of sp³-hybridized carbons (Fsp3) is 0.267. The second-order valence-corrected chi connectivity index (χ2v) is 5.66. The Balaban J connectivity index is 2.07. The van der Waals surface area contributed by atoms with E-state index in [0.29, 0.717) is 10.8 Å². The number of nitrogens with one attached hydrogen (secondary N) is 1. The maximum Gasteiger partial charge on any atom is 0.146 e. The molecule has 20 heavy (non-hydrogen) atoms. The Kier molecular flexibility index (Phi) is 5.83. The van der Waals surface area contributed by atoms with Gasteiger partial charge in [-0.15, -0.1) is 0 Å². The summed E-state index contributed by atoms with van der Waals surface area (Å²) in [6.07, 6.45) is 2.84. The first-order chi connectivity index (χ1) is 9.69. The van der Waals surface area contributed by atoms with E-state index in [1.54, 1.807) is 6.20 Å². The van der Waals surface area contributed by atoms with Crippen molar-refractivity contribution >= 4 is 27.5 Å². The van der Waals surface area contributed by atoms with Gasteiger partial charge in [-0.05, 0) is 37.2 Å². The summed E-state index contributed by atoms with van der Waals surface area (Å²) in [5.41, 5.74) is 0.948. The lowest BCUT2D eigenvalue weighted by atomic mass is 10.3. The van der Waals surface area contributed by atoms with Crippen molar-refractivity contribution < 1.29 is 4.74 Å². The average Bonchev–Trinajstić information content (AvgIpc) is 2.43. The van der Waals surface area contributed by atoms with Crippen molar-refractivity contribution in [3.63, 3.8) is 0 Å². The minimum Gasteiger partial charge on any atom is -0.456 e. The number of nitrogens with zero attached hydrogens (tertiary/aromatic N) is 1. The molecule has 0 aliphatic heterocycles. The maximum absolute atomic E-state index is 6.14. The van der Waals surface area contributed by atoms with Gasteiger partial charge in [-0.25, -0.2) is 0 Å². The molecule has 0 unspecified atom stereocenters. The predicted molar refractivity (Wildman–Crippen MR) is 85.5 cm³/mol. The standard InChI is InChI=1S/C15H16BrClN2O/c1-2-6-18-10-12-9-13(5-7-19-12)20-15-4-3-11(16)8-14(15)17/h3-5,7-9,18H,2,6,10H2,1H3. The van der Waals surface area contributed by atoms with Crippen LogP contribution in [-0.2, 0) is 6.54 Å². The molecule has 106 valence electrons. The second-order valence-electron chi connectivity index (χ2n) is 4.34. The summed E-state index contributed by atoms with van der Waals surface area (Å²) in [7, 11) is 0. The summed E-state index contributed by atoms with van der Waals surface area (Å²) in [5, 5.41) is 3.88. The average molecular weight is 356 g/mol. The minimum atomic E-state index is 0.571. The van der Waals surface area contributed by atoms with Gasteiger partial charge in [0.25, 0.3) is 0 Å². The number of benzene rings is 1. The highest BCUT2D eigenvalue weighted by molar-refractivity contribution is 9.10. The molecule has 2 rings (SSSR count). The molecule has 5 heteroatoms. The van der Waals surface area contributed by atoms with E-state index in [4.69, 9.17) is 16.3 Å². The van der Waals surface area contributed by atoms with Crippen LogP contribution in [0.2, 0.25) is 5.02 Å². The summed E-state index contributed by atoms with van der Waals surface area (Å²) in [4.78, 5) is 4.31. The first kappa shape index (κ1) is 15.3. The van der Waals surface area contributed by atoms with Crippen LogP contribution in [0.1, 0.15) is 19.0 Å². The van der Waals surface area contributed by atoms with Crippen molar-refractivity contribution in [1.82, 2.24) is 10.3 Å². The van der Waals surface area contributed by atoms with Gasteiger partial charge in [-0.2, -0.15) is 0 Å². The molecule has 0 saturated heterocycles. The van der Waals surface area contributed by atoms with Crippen LogP contribution in [0, 0.1) is 0 Å². The SMILES string of the molecule is CCCNCc1cc(Oc2ccc(Br)cc2Cl)ccn1. The molecule has 0 atom stereocenters. The zero-order valence-electron chi connectivity index (χ0n) is 11.2. The molecule has 0 radical (unpaired) electrons. The van der Waals surface area contributed by atoms with E-state index in [1.165, 1.54) is 0 Å². The molecule has 0 aliphatic carbocycles. The van der Waals surface area contributed by atoms with Crippen molar-refractivity contribution in [2.24, 2.45) is 0 Å². The third-order valence-electron chi connectivity index (χ3n) is 2.64. The van der Waals surface area contributed by atoms with E-state index in [9.17, 15) is 0 Å². The maximum atomic E-state index is 6.14. The largest absolute Gasteiger partial charge is 0.456 e. The summed E-state index contributed by atoms with van der Waals surface area (Å²) in [6.45, 7) is 3.85. The molecule has 3 nitrogen and oxygen atoms in total. The molecular formula is C15H16BrClN2O. The van der Waals surface area contributed by atoms with Crippen molar-refractivity contribution in [3.8, 4) is 11.5 Å². The number of hydrogen-bond acceptors (Lipinski definition) is 3. The summed E-state index contributed by atoms with van der Waals surface area (Å²) in [5.74, 6) is 1.37. The zero-order chi connectivity index (χ0) is 14.4. The molecule has 1 heterocycles. The molecule has 1 N–H and O–H groups in total. The van der Waals surface area contributed by atoms with E-state index in [2.05, 4.69) is 33.2 Å². The van der Waals surface area contributed by atoms with Gasteiger partial charge < -0.3 is 10.1 Å². The Hall–Kier alpha value is -1.10. The third kappa shape index (κ3) is 4.47. The fourth-order valence-corrected chi connectivity index (χ4v) is 2.41. The van der Waals surface area contributed by atoms with Crippen molar-refractivity contribution in [3.05, 3.63) is 51.7 Å². The first-order valence-corrected chi connectivity index (χ1v) is 7.64. The Morgan fingerprint density at radius 1 is 1.30 bits per heavy atom. The quantitative estimate of drug-likeness (QED) is 0.757. The van der Waals surface area contributed by atoms with Gasteiger partial charge in [0.05, 0.1) is 10.7 Å². The van der Waals surface area contributed by atoms with Crippen molar-refractivity contribution in [2.75, 3.05) is 6.54 Å². The van der Waals surface area contributed by atoms with Crippen LogP contribution < -0.4 is 10.1 Å². The van der Waals surface area contributed by atoms with Gasteiger partial charge in [-0.3, -0.25) is 4.98 Å². The van der Waals surface area contributed by atoms with Gasteiger partial charge in [0.1, 0.15) is 11.5 Å². The molecule has 0 spiro atoms. The van der Waals surface area contributed by atoms with Crippen LogP contribution in [-0.4, -0.2) is 11.5 Å². The normalized spacial score (nSPS) is 10.6. The van der Waals surface area contributed by atoms with Crippen LogP contribution in [0.5, 0.6) is 11.5 Å². The molecule has 0 fully saturated rings. The first-order valence-electron chi connectivity index (χ1n) is 6.47. The van der Waals surface area contributed by atoms with E-state index in [-0.39, 0.29) is 0 Å². The van der Waals surface area contributed by atoms with E-state index in [1.807, 2.05) is 30.3 Å². The van der Waals surface area contributed by atoms with Gasteiger partial charge >= 0.3 is 0 Å². The van der Waals surface area contributed by atoms with Gasteiger partial charge in [-0.1, -0.05) is 34.5 Å². The Morgan fingerprint density at radius 3 is 2.90 bits per heavy atom. The lowest BCUT2D eigenvalue weighted by molar-refractivity contribution is 0.480. The molecule has 0 bridgehead atoms. The lowest BCUT2D eigenvalue weighted by Gasteiger charge is -2.09. The van der Waals surface area contributed by atoms with E-state index in [0.717, 1.165) is 35.4 Å². The molecule has 0 aliphatic rings. The highest BCUT2D eigenvalue weighted by Crippen LogP contribution is 2.31. The minimum absolute atomic E-state index is 0.571. The van der Waals surface area contributed by atoms with Crippen LogP contribution in [0.25, 0.3) is 0 Å². The number of hydrogen-bond donors (Lipinski definition) is 1. The highest BCUT2D eigenvalue weighted by atomic mass is 79.9. The number of pyridine rings is 1. The molecule has 0 saturated carbocycles. The number of ether oxygens (including phenoxy) is 1. The topological polar surface area (TPSA) is 34.1 Å². The highest BCUT2D eigenvalue weighted by Gasteiger charge is 2.05. The number of halogens is 2. The lowest BCUT2D eigenvalue weighted by Crippen LogP contribution is -2.14. The second kappa shape index (κ2) is 7.62. The van der Waals surface area contributed by atoms with Crippen LogP contribution in [0.4, 0.5) is 0 Å². The molecule has 1 aromatic heterocycles. The smallest absolute Gasteiger partial charge is 0.146 e. The van der Waals surface area contributed by atoms with Crippen LogP contribution in [0.15, 0.2) is 41.0 Å². The Labute approximate surface area is 132 Å². The zero-order valence-corrected chi connectivity index (χ0v) is 13.5. The summed E-state index contributed by atoms with van der Waals surface area (Å²) >= 11 is 9.51. The Morgan fingerprint density at radius 2 is 2.15 bits per heavy atom.